The largest absolute Gasteiger partial charge is 0.0844 e. The van der Waals surface area contributed by atoms with Crippen LogP contribution in [0.2, 0.25) is 10.0 Å². The Hall–Kier alpha value is -1.24. The van der Waals surface area contributed by atoms with E-state index in [2.05, 4.69) is 44.2 Å². The summed E-state index contributed by atoms with van der Waals surface area (Å²) in [4.78, 5) is 0. The van der Waals surface area contributed by atoms with Crippen LogP contribution < -0.4 is 0 Å². The van der Waals surface area contributed by atoms with Crippen molar-refractivity contribution < 1.29 is 0 Å². The summed E-state index contributed by atoms with van der Waals surface area (Å²) in [5.41, 5.74) is 4.04. The van der Waals surface area contributed by atoms with Gasteiger partial charge in [0.1, 0.15) is 0 Å². The third-order valence-electron chi connectivity index (χ3n) is 3.57. The summed E-state index contributed by atoms with van der Waals surface area (Å²) in [5, 5.41) is 1.57. The van der Waals surface area contributed by atoms with Crippen LogP contribution in [0.5, 0.6) is 0 Å². The van der Waals surface area contributed by atoms with Gasteiger partial charge in [0, 0.05) is 10.0 Å². The molecule has 0 saturated carbocycles. The molecule has 0 N–H and O–H groups in total. The Morgan fingerprint density at radius 2 is 1.23 bits per heavy atom. The molecule has 2 rings (SSSR count). The number of hydrogen-bond donors (Lipinski definition) is 0. The van der Waals surface area contributed by atoms with Crippen LogP contribution in [0.4, 0.5) is 0 Å². The Balaban J connectivity index is 2.13. The van der Waals surface area contributed by atoms with E-state index in [4.69, 9.17) is 23.2 Å². The van der Waals surface area contributed by atoms with E-state index < -0.39 is 0 Å². The Bertz CT molecular complexity index is 558. The first-order valence-electron chi connectivity index (χ1n) is 7.69. The van der Waals surface area contributed by atoms with Crippen molar-refractivity contribution in [3.8, 4) is 0 Å². The van der Waals surface area contributed by atoms with Gasteiger partial charge in [-0.05, 0) is 60.6 Å². The van der Waals surface area contributed by atoms with Gasteiger partial charge in [-0.3, -0.25) is 0 Å². The predicted octanol–water partition coefficient (Wildman–Crippen LogP) is 6.75. The van der Waals surface area contributed by atoms with Crippen molar-refractivity contribution in [2.75, 3.05) is 0 Å². The molecular weight excluding hydrogens is 311 g/mol. The van der Waals surface area contributed by atoms with E-state index in [1.54, 1.807) is 0 Å². The Morgan fingerprint density at radius 3 is 1.59 bits per heavy atom. The minimum absolute atomic E-state index is 0.672. The van der Waals surface area contributed by atoms with Crippen molar-refractivity contribution in [2.45, 2.75) is 33.1 Å². The lowest BCUT2D eigenvalue weighted by Crippen LogP contribution is -1.97. The summed E-state index contributed by atoms with van der Waals surface area (Å²) in [7, 11) is 0. The predicted molar refractivity (Wildman–Crippen MR) is 97.9 cm³/mol. The van der Waals surface area contributed by atoms with Crippen LogP contribution in [0.25, 0.3) is 0 Å². The number of benzene rings is 2. The highest BCUT2D eigenvalue weighted by Crippen LogP contribution is 2.19. The lowest BCUT2D eigenvalue weighted by atomic mass is 9.96. The van der Waals surface area contributed by atoms with E-state index >= 15 is 0 Å². The maximum absolute atomic E-state index is 5.97. The van der Waals surface area contributed by atoms with Crippen LogP contribution in [-0.2, 0) is 12.8 Å². The average molecular weight is 333 g/mol. The molecule has 0 radical (unpaired) electrons. The maximum atomic E-state index is 5.97. The maximum Gasteiger partial charge on any atom is 0.0406 e. The molecule has 0 amide bonds. The highest BCUT2D eigenvalue weighted by molar-refractivity contribution is 6.30. The molecule has 0 nitrogen and oxygen atoms in total. The van der Waals surface area contributed by atoms with Gasteiger partial charge in [0.25, 0.3) is 0 Å². The monoisotopic (exact) mass is 332 g/mol. The fourth-order valence-corrected chi connectivity index (χ4v) is 2.59. The third kappa shape index (κ3) is 5.87. The molecule has 0 heterocycles. The highest BCUT2D eigenvalue weighted by atomic mass is 35.5. The van der Waals surface area contributed by atoms with Gasteiger partial charge < -0.3 is 0 Å². The molecule has 116 valence electrons. The molecule has 2 aromatic carbocycles. The molecule has 0 spiro atoms. The normalized spacial score (nSPS) is 10.8. The molecule has 22 heavy (non-hydrogen) atoms. The van der Waals surface area contributed by atoms with E-state index in [0.717, 1.165) is 29.3 Å². The molecular formula is C20H22Cl2. The number of allylic oxidation sites excluding steroid dienone is 2. The lowest BCUT2D eigenvalue weighted by molar-refractivity contribution is 0.659. The lowest BCUT2D eigenvalue weighted by Gasteiger charge is -2.10. The van der Waals surface area contributed by atoms with E-state index in [0.29, 0.717) is 5.92 Å². The van der Waals surface area contributed by atoms with Crippen molar-refractivity contribution in [3.63, 3.8) is 0 Å². The first-order chi connectivity index (χ1) is 10.5. The van der Waals surface area contributed by atoms with E-state index in [1.165, 1.54) is 16.7 Å². The zero-order chi connectivity index (χ0) is 15.9. The molecule has 0 unspecified atom stereocenters. The van der Waals surface area contributed by atoms with Gasteiger partial charge in [0.05, 0.1) is 0 Å². The molecule has 0 aromatic heterocycles. The first kappa shape index (κ1) is 17.1. The van der Waals surface area contributed by atoms with Crippen LogP contribution in [0.3, 0.4) is 0 Å². The number of rotatable bonds is 6. The second kappa shape index (κ2) is 8.41. The van der Waals surface area contributed by atoms with Crippen LogP contribution >= 0.6 is 23.2 Å². The van der Waals surface area contributed by atoms with Crippen LogP contribution in [-0.4, -0.2) is 0 Å². The van der Waals surface area contributed by atoms with Crippen molar-refractivity contribution in [3.05, 3.63) is 81.4 Å². The zero-order valence-corrected chi connectivity index (χ0v) is 14.7. The minimum Gasteiger partial charge on any atom is -0.0844 e. The molecule has 2 heteroatoms. The average Bonchev–Trinajstić information content (AvgIpc) is 2.49. The van der Waals surface area contributed by atoms with Gasteiger partial charge in [0.2, 0.25) is 0 Å². The second-order valence-corrected chi connectivity index (χ2v) is 6.97. The Morgan fingerprint density at radius 1 is 0.818 bits per heavy atom. The molecule has 0 aliphatic rings. The molecule has 0 atom stereocenters. The third-order valence-corrected chi connectivity index (χ3v) is 4.07. The fraction of sp³-hybridized carbons (Fsp3) is 0.300. The summed E-state index contributed by atoms with van der Waals surface area (Å²) in [6.07, 6.45) is 5.42. The van der Waals surface area contributed by atoms with Gasteiger partial charge >= 0.3 is 0 Å². The smallest absolute Gasteiger partial charge is 0.0406 e. The number of halogens is 2. The first-order valence-corrected chi connectivity index (χ1v) is 8.45. The number of hydrogen-bond acceptors (Lipinski definition) is 0. The highest BCUT2D eigenvalue weighted by Gasteiger charge is 2.04. The molecule has 0 fully saturated rings. The quantitative estimate of drug-likeness (QED) is 0.513. The van der Waals surface area contributed by atoms with Crippen LogP contribution in [0, 0.1) is 5.92 Å². The van der Waals surface area contributed by atoms with Gasteiger partial charge in [-0.2, -0.15) is 0 Å². The van der Waals surface area contributed by atoms with Crippen molar-refractivity contribution in [1.82, 2.24) is 0 Å². The SMILES string of the molecule is CC(C)CC=C(Cc1ccc(Cl)cc1)Cc1ccc(Cl)cc1. The van der Waals surface area contributed by atoms with Gasteiger partial charge in [-0.25, -0.2) is 0 Å². The van der Waals surface area contributed by atoms with Gasteiger partial charge in [-0.15, -0.1) is 0 Å². The molecule has 0 aliphatic carbocycles. The van der Waals surface area contributed by atoms with Crippen molar-refractivity contribution in [2.24, 2.45) is 5.92 Å². The fourth-order valence-electron chi connectivity index (χ4n) is 2.34. The van der Waals surface area contributed by atoms with Crippen molar-refractivity contribution in [1.29, 1.82) is 0 Å². The van der Waals surface area contributed by atoms with Crippen LogP contribution in [0.1, 0.15) is 31.4 Å². The zero-order valence-electron chi connectivity index (χ0n) is 13.2. The van der Waals surface area contributed by atoms with Gasteiger partial charge in [0.15, 0.2) is 0 Å². The topological polar surface area (TPSA) is 0 Å². The summed E-state index contributed by atoms with van der Waals surface area (Å²) >= 11 is 11.9. The molecule has 2 aromatic rings. The van der Waals surface area contributed by atoms with E-state index in [9.17, 15) is 0 Å². The summed E-state index contributed by atoms with van der Waals surface area (Å²) in [6.45, 7) is 4.50. The van der Waals surface area contributed by atoms with Crippen molar-refractivity contribution >= 4 is 23.2 Å². The Labute approximate surface area is 143 Å². The van der Waals surface area contributed by atoms with Crippen LogP contribution in [0.15, 0.2) is 60.2 Å². The summed E-state index contributed by atoms with van der Waals surface area (Å²) < 4.78 is 0. The van der Waals surface area contributed by atoms with E-state index in [-0.39, 0.29) is 0 Å². The molecule has 0 bridgehead atoms. The van der Waals surface area contributed by atoms with Gasteiger partial charge in [-0.1, -0.05) is 73.0 Å². The Kier molecular flexibility index (Phi) is 6.54. The molecule has 0 aliphatic heterocycles. The minimum atomic E-state index is 0.672. The second-order valence-electron chi connectivity index (χ2n) is 6.10. The standard InChI is InChI=1S/C20H22Cl2/c1-15(2)3-4-18(13-16-5-9-19(21)10-6-16)14-17-7-11-20(22)12-8-17/h4-12,15H,3,13-14H2,1-2H3. The molecule has 0 saturated heterocycles. The van der Waals surface area contributed by atoms with E-state index in [1.807, 2.05) is 24.3 Å². The summed E-state index contributed by atoms with van der Waals surface area (Å²) in [6, 6.07) is 16.2. The summed E-state index contributed by atoms with van der Waals surface area (Å²) in [5.74, 6) is 0.672.